The number of nitrogens with zero attached hydrogens (tertiary/aromatic N) is 3. The molecule has 0 aliphatic carbocycles. The van der Waals surface area contributed by atoms with Gasteiger partial charge in [-0.2, -0.15) is 16.7 Å². The maximum absolute atomic E-state index is 11.1. The molecule has 0 aromatic carbocycles. The van der Waals surface area contributed by atoms with Crippen molar-refractivity contribution in [3.63, 3.8) is 0 Å². The van der Waals surface area contributed by atoms with E-state index in [4.69, 9.17) is 16.3 Å². The SMILES string of the molecule is COC(=O)c1nc(Cl)n(COCCSC)n1. The average Bonchev–Trinajstić information content (AvgIpc) is 2.65. The molecule has 0 saturated heterocycles. The molecule has 0 radical (unpaired) electrons. The Morgan fingerprint density at radius 3 is 3.00 bits per heavy atom. The summed E-state index contributed by atoms with van der Waals surface area (Å²) in [5.74, 6) is 0.196. The van der Waals surface area contributed by atoms with Crippen LogP contribution in [0.5, 0.6) is 0 Å². The van der Waals surface area contributed by atoms with Crippen LogP contribution in [0.15, 0.2) is 0 Å². The molecule has 0 amide bonds. The first-order valence-corrected chi connectivity index (χ1v) is 6.21. The maximum Gasteiger partial charge on any atom is 0.378 e. The molecule has 8 heteroatoms. The van der Waals surface area contributed by atoms with Crippen molar-refractivity contribution < 1.29 is 14.3 Å². The molecule has 90 valence electrons. The smallest absolute Gasteiger partial charge is 0.378 e. The van der Waals surface area contributed by atoms with Crippen LogP contribution in [0.2, 0.25) is 5.28 Å². The summed E-state index contributed by atoms with van der Waals surface area (Å²) in [5.41, 5.74) is 0. The summed E-state index contributed by atoms with van der Waals surface area (Å²) in [5, 5.41) is 3.95. The summed E-state index contributed by atoms with van der Waals surface area (Å²) in [6, 6.07) is 0. The van der Waals surface area contributed by atoms with Crippen LogP contribution < -0.4 is 0 Å². The van der Waals surface area contributed by atoms with Crippen LogP contribution in [0.4, 0.5) is 0 Å². The third-order valence-electron chi connectivity index (χ3n) is 1.64. The van der Waals surface area contributed by atoms with Crippen LogP contribution >= 0.6 is 23.4 Å². The van der Waals surface area contributed by atoms with Crippen LogP contribution in [0.3, 0.4) is 0 Å². The Morgan fingerprint density at radius 1 is 1.62 bits per heavy atom. The molecule has 0 atom stereocenters. The van der Waals surface area contributed by atoms with E-state index >= 15 is 0 Å². The fourth-order valence-corrected chi connectivity index (χ4v) is 1.33. The summed E-state index contributed by atoms with van der Waals surface area (Å²) < 4.78 is 11.0. The van der Waals surface area contributed by atoms with Crippen molar-refractivity contribution in [3.05, 3.63) is 11.1 Å². The zero-order valence-electron chi connectivity index (χ0n) is 8.97. The van der Waals surface area contributed by atoms with Gasteiger partial charge in [0.15, 0.2) is 0 Å². The van der Waals surface area contributed by atoms with Gasteiger partial charge < -0.3 is 9.47 Å². The highest BCUT2D eigenvalue weighted by molar-refractivity contribution is 7.98. The maximum atomic E-state index is 11.1. The minimum absolute atomic E-state index is 0.0685. The molecule has 1 aromatic heterocycles. The minimum atomic E-state index is -0.621. The molecule has 1 aromatic rings. The molecular formula is C8H12ClN3O3S. The first-order valence-electron chi connectivity index (χ1n) is 4.44. The second-order valence-electron chi connectivity index (χ2n) is 2.73. The van der Waals surface area contributed by atoms with Gasteiger partial charge in [-0.15, -0.1) is 5.10 Å². The number of halogens is 1. The quantitative estimate of drug-likeness (QED) is 0.566. The van der Waals surface area contributed by atoms with E-state index in [9.17, 15) is 4.79 Å². The normalized spacial score (nSPS) is 10.4. The minimum Gasteiger partial charge on any atom is -0.463 e. The van der Waals surface area contributed by atoms with Crippen LogP contribution in [-0.4, -0.2) is 46.5 Å². The molecule has 0 unspecified atom stereocenters. The number of ether oxygens (including phenoxy) is 2. The fourth-order valence-electron chi connectivity index (χ4n) is 0.876. The molecule has 0 N–H and O–H groups in total. The van der Waals surface area contributed by atoms with Crippen molar-refractivity contribution in [2.75, 3.05) is 25.7 Å². The van der Waals surface area contributed by atoms with E-state index in [0.29, 0.717) is 6.61 Å². The molecule has 0 aliphatic rings. The molecule has 0 saturated carbocycles. The monoisotopic (exact) mass is 265 g/mol. The predicted octanol–water partition coefficient (Wildman–Crippen LogP) is 1.06. The number of carbonyl (C=O) groups excluding carboxylic acids is 1. The second kappa shape index (κ2) is 6.72. The third-order valence-corrected chi connectivity index (χ3v) is 2.49. The number of hydrogen-bond acceptors (Lipinski definition) is 6. The van der Waals surface area contributed by atoms with Crippen molar-refractivity contribution >= 4 is 29.3 Å². The Bertz CT molecular complexity index is 358. The largest absolute Gasteiger partial charge is 0.463 e. The van der Waals surface area contributed by atoms with Crippen LogP contribution in [0.25, 0.3) is 0 Å². The van der Waals surface area contributed by atoms with Gasteiger partial charge in [0.25, 0.3) is 5.82 Å². The van der Waals surface area contributed by atoms with Crippen molar-refractivity contribution in [2.24, 2.45) is 0 Å². The highest BCUT2D eigenvalue weighted by atomic mass is 35.5. The zero-order valence-corrected chi connectivity index (χ0v) is 10.5. The standard InChI is InChI=1S/C8H12ClN3O3S/c1-14-7(13)6-10-8(9)12(11-6)5-15-3-4-16-2/h3-5H2,1-2H3. The number of carbonyl (C=O) groups is 1. The molecule has 0 spiro atoms. The van der Waals surface area contributed by atoms with Crippen molar-refractivity contribution in [1.82, 2.24) is 14.8 Å². The van der Waals surface area contributed by atoms with E-state index in [1.165, 1.54) is 11.8 Å². The van der Waals surface area contributed by atoms with Gasteiger partial charge in [-0.1, -0.05) is 0 Å². The van der Waals surface area contributed by atoms with E-state index < -0.39 is 5.97 Å². The average molecular weight is 266 g/mol. The molecule has 0 bridgehead atoms. The number of esters is 1. The molecule has 0 aliphatic heterocycles. The zero-order chi connectivity index (χ0) is 12.0. The molecule has 6 nitrogen and oxygen atoms in total. The number of aromatic nitrogens is 3. The predicted molar refractivity (Wildman–Crippen MR) is 60.7 cm³/mol. The molecule has 1 rings (SSSR count). The molecule has 1 heterocycles. The van der Waals surface area contributed by atoms with E-state index in [1.807, 2.05) is 6.26 Å². The summed E-state index contributed by atoms with van der Waals surface area (Å²) in [6.45, 7) is 0.758. The lowest BCUT2D eigenvalue weighted by molar-refractivity contribution is 0.0578. The lowest BCUT2D eigenvalue weighted by Gasteiger charge is -2.02. The van der Waals surface area contributed by atoms with Gasteiger partial charge in [0.05, 0.1) is 13.7 Å². The number of rotatable bonds is 6. The number of thioether (sulfide) groups is 1. The first-order chi connectivity index (χ1) is 7.69. The topological polar surface area (TPSA) is 66.2 Å². The molecular weight excluding hydrogens is 254 g/mol. The second-order valence-corrected chi connectivity index (χ2v) is 4.05. The van der Waals surface area contributed by atoms with Gasteiger partial charge in [-0.3, -0.25) is 0 Å². The van der Waals surface area contributed by atoms with Gasteiger partial charge in [0.1, 0.15) is 6.73 Å². The number of methoxy groups -OCH3 is 1. The third kappa shape index (κ3) is 3.66. The van der Waals surface area contributed by atoms with Gasteiger partial charge in [-0.25, -0.2) is 9.48 Å². The lowest BCUT2D eigenvalue weighted by atomic mass is 10.6. The Morgan fingerprint density at radius 2 is 2.38 bits per heavy atom. The summed E-state index contributed by atoms with van der Waals surface area (Å²) in [7, 11) is 1.26. The van der Waals surface area contributed by atoms with Crippen molar-refractivity contribution in [1.29, 1.82) is 0 Å². The van der Waals surface area contributed by atoms with Crippen LogP contribution in [0.1, 0.15) is 10.6 Å². The van der Waals surface area contributed by atoms with Gasteiger partial charge in [-0.05, 0) is 17.9 Å². The summed E-state index contributed by atoms with van der Waals surface area (Å²) in [4.78, 5) is 14.8. The molecule has 16 heavy (non-hydrogen) atoms. The Hall–Kier alpha value is -0.790. The fraction of sp³-hybridized carbons (Fsp3) is 0.625. The Kier molecular flexibility index (Phi) is 5.58. The van der Waals surface area contributed by atoms with Crippen LogP contribution in [-0.2, 0) is 16.2 Å². The Balaban J connectivity index is 2.53. The van der Waals surface area contributed by atoms with Gasteiger partial charge >= 0.3 is 5.97 Å². The highest BCUT2D eigenvalue weighted by Crippen LogP contribution is 2.06. The molecule has 0 fully saturated rings. The van der Waals surface area contributed by atoms with Gasteiger partial charge in [0, 0.05) is 5.75 Å². The van der Waals surface area contributed by atoms with E-state index in [2.05, 4.69) is 14.8 Å². The number of hydrogen-bond donors (Lipinski definition) is 0. The highest BCUT2D eigenvalue weighted by Gasteiger charge is 2.15. The van der Waals surface area contributed by atoms with Crippen LogP contribution in [0, 0.1) is 0 Å². The summed E-state index contributed by atoms with van der Waals surface area (Å²) in [6.07, 6.45) is 1.99. The van der Waals surface area contributed by atoms with E-state index in [1.54, 1.807) is 11.8 Å². The van der Waals surface area contributed by atoms with E-state index in [-0.39, 0.29) is 17.8 Å². The van der Waals surface area contributed by atoms with Crippen molar-refractivity contribution in [2.45, 2.75) is 6.73 Å². The summed E-state index contributed by atoms with van der Waals surface area (Å²) >= 11 is 7.43. The van der Waals surface area contributed by atoms with Gasteiger partial charge in [0.2, 0.25) is 5.28 Å². The van der Waals surface area contributed by atoms with Crippen molar-refractivity contribution in [3.8, 4) is 0 Å². The lowest BCUT2D eigenvalue weighted by Crippen LogP contribution is -2.09. The Labute approximate surface area is 102 Å². The van der Waals surface area contributed by atoms with E-state index in [0.717, 1.165) is 5.75 Å². The first kappa shape index (κ1) is 13.3.